The molecule has 0 radical (unpaired) electrons. The second kappa shape index (κ2) is 4.41. The molecule has 0 saturated carbocycles. The van der Waals surface area contributed by atoms with E-state index in [-0.39, 0.29) is 5.54 Å². The third-order valence-electron chi connectivity index (χ3n) is 3.05. The maximum absolute atomic E-state index is 12.1. The number of hydrogen-bond acceptors (Lipinski definition) is 4. The van der Waals surface area contributed by atoms with Crippen molar-refractivity contribution >= 4 is 17.1 Å². The Hall–Kier alpha value is -0.740. The number of ketones is 1. The molecule has 1 aromatic heterocycles. The van der Waals surface area contributed by atoms with Crippen molar-refractivity contribution in [1.29, 1.82) is 0 Å². The minimum atomic E-state index is -0.303. The largest absolute Gasteiger partial charge is 0.305 e. The van der Waals surface area contributed by atoms with E-state index in [0.29, 0.717) is 12.2 Å². The van der Waals surface area contributed by atoms with Crippen LogP contribution >= 0.6 is 11.3 Å². The van der Waals surface area contributed by atoms with Gasteiger partial charge in [-0.2, -0.15) is 0 Å². The Morgan fingerprint density at radius 2 is 2.53 bits per heavy atom. The molecule has 0 aliphatic carbocycles. The first-order valence-corrected chi connectivity index (χ1v) is 6.24. The molecule has 2 rings (SSSR count). The van der Waals surface area contributed by atoms with Gasteiger partial charge in [0.25, 0.3) is 0 Å². The SMILES string of the molecule is CC1(C(=O)Cc2cncs2)CCCCN1. The van der Waals surface area contributed by atoms with Gasteiger partial charge in [0.1, 0.15) is 0 Å². The van der Waals surface area contributed by atoms with Crippen molar-refractivity contribution in [3.8, 4) is 0 Å². The second-order valence-electron chi connectivity index (χ2n) is 4.28. The summed E-state index contributed by atoms with van der Waals surface area (Å²) >= 11 is 1.55. The average Bonchev–Trinajstić information content (AvgIpc) is 2.71. The van der Waals surface area contributed by atoms with Crippen molar-refractivity contribution in [1.82, 2.24) is 10.3 Å². The molecule has 82 valence electrons. The zero-order valence-electron chi connectivity index (χ0n) is 8.95. The van der Waals surface area contributed by atoms with E-state index in [1.165, 1.54) is 6.42 Å². The van der Waals surface area contributed by atoms with E-state index < -0.39 is 0 Å². The molecule has 1 N–H and O–H groups in total. The zero-order chi connectivity index (χ0) is 10.7. The number of Topliss-reactive ketones (excluding diaryl/α,β-unsaturated/α-hetero) is 1. The summed E-state index contributed by atoms with van der Waals surface area (Å²) < 4.78 is 0. The van der Waals surface area contributed by atoms with Gasteiger partial charge >= 0.3 is 0 Å². The molecule has 1 saturated heterocycles. The quantitative estimate of drug-likeness (QED) is 0.851. The van der Waals surface area contributed by atoms with Gasteiger partial charge in [0.15, 0.2) is 5.78 Å². The Balaban J connectivity index is 2.00. The first kappa shape index (κ1) is 10.8. The van der Waals surface area contributed by atoms with Crippen LogP contribution in [0.1, 0.15) is 31.1 Å². The highest BCUT2D eigenvalue weighted by Gasteiger charge is 2.33. The summed E-state index contributed by atoms with van der Waals surface area (Å²) in [6, 6.07) is 0. The minimum Gasteiger partial charge on any atom is -0.305 e. The Morgan fingerprint density at radius 1 is 1.67 bits per heavy atom. The lowest BCUT2D eigenvalue weighted by Gasteiger charge is -2.33. The van der Waals surface area contributed by atoms with E-state index in [0.717, 1.165) is 24.3 Å². The lowest BCUT2D eigenvalue weighted by atomic mass is 9.85. The predicted molar refractivity (Wildman–Crippen MR) is 61.1 cm³/mol. The van der Waals surface area contributed by atoms with E-state index in [2.05, 4.69) is 10.3 Å². The van der Waals surface area contributed by atoms with Crippen molar-refractivity contribution in [2.24, 2.45) is 0 Å². The molecule has 0 bridgehead atoms. The Labute approximate surface area is 93.9 Å². The van der Waals surface area contributed by atoms with Crippen LogP contribution in [0.25, 0.3) is 0 Å². The predicted octanol–water partition coefficient (Wildman–Crippen LogP) is 1.79. The van der Waals surface area contributed by atoms with Crippen LogP contribution in [-0.4, -0.2) is 22.9 Å². The van der Waals surface area contributed by atoms with Gasteiger partial charge in [-0.1, -0.05) is 0 Å². The van der Waals surface area contributed by atoms with E-state index in [9.17, 15) is 4.79 Å². The molecule has 4 heteroatoms. The molecule has 1 unspecified atom stereocenters. The molecular weight excluding hydrogens is 208 g/mol. The number of nitrogens with one attached hydrogen (secondary N) is 1. The van der Waals surface area contributed by atoms with Crippen LogP contribution in [0.2, 0.25) is 0 Å². The van der Waals surface area contributed by atoms with Gasteiger partial charge in [-0.25, -0.2) is 0 Å². The van der Waals surface area contributed by atoms with Crippen molar-refractivity contribution in [3.63, 3.8) is 0 Å². The third kappa shape index (κ3) is 2.44. The number of nitrogens with zero attached hydrogens (tertiary/aromatic N) is 1. The first-order valence-electron chi connectivity index (χ1n) is 5.36. The fourth-order valence-electron chi connectivity index (χ4n) is 1.98. The number of carbonyl (C=O) groups is 1. The fraction of sp³-hybridized carbons (Fsp3) is 0.636. The highest BCUT2D eigenvalue weighted by molar-refractivity contribution is 7.09. The van der Waals surface area contributed by atoms with Crippen molar-refractivity contribution in [3.05, 3.63) is 16.6 Å². The molecule has 0 spiro atoms. The number of thiazole rings is 1. The van der Waals surface area contributed by atoms with Gasteiger partial charge in [-0.05, 0) is 32.7 Å². The maximum Gasteiger partial charge on any atom is 0.157 e. The van der Waals surface area contributed by atoms with Crippen LogP contribution in [0.15, 0.2) is 11.7 Å². The minimum absolute atomic E-state index is 0.298. The maximum atomic E-state index is 12.1. The number of carbonyl (C=O) groups excluding carboxylic acids is 1. The monoisotopic (exact) mass is 224 g/mol. The molecule has 0 amide bonds. The van der Waals surface area contributed by atoms with Crippen LogP contribution in [0, 0.1) is 0 Å². The molecule has 0 aromatic carbocycles. The number of hydrogen-bond donors (Lipinski definition) is 1. The van der Waals surface area contributed by atoms with E-state index in [1.54, 1.807) is 23.0 Å². The summed E-state index contributed by atoms with van der Waals surface area (Å²) in [6.45, 7) is 2.99. The van der Waals surface area contributed by atoms with Gasteiger partial charge < -0.3 is 5.32 Å². The Kier molecular flexibility index (Phi) is 3.17. The van der Waals surface area contributed by atoms with Crippen molar-refractivity contribution in [2.45, 2.75) is 38.1 Å². The number of piperidine rings is 1. The highest BCUT2D eigenvalue weighted by Crippen LogP contribution is 2.22. The molecule has 1 aliphatic heterocycles. The third-order valence-corrected chi connectivity index (χ3v) is 3.83. The van der Waals surface area contributed by atoms with Crippen LogP contribution < -0.4 is 5.32 Å². The van der Waals surface area contributed by atoms with E-state index in [4.69, 9.17) is 0 Å². The summed E-state index contributed by atoms with van der Waals surface area (Å²) in [7, 11) is 0. The van der Waals surface area contributed by atoms with Crippen molar-refractivity contribution in [2.75, 3.05) is 6.54 Å². The summed E-state index contributed by atoms with van der Waals surface area (Å²) in [4.78, 5) is 17.2. The lowest BCUT2D eigenvalue weighted by Crippen LogP contribution is -2.52. The van der Waals surface area contributed by atoms with Gasteiger partial charge in [0.05, 0.1) is 11.0 Å². The van der Waals surface area contributed by atoms with Crippen LogP contribution in [-0.2, 0) is 11.2 Å². The lowest BCUT2D eigenvalue weighted by molar-refractivity contribution is -0.125. The highest BCUT2D eigenvalue weighted by atomic mass is 32.1. The summed E-state index contributed by atoms with van der Waals surface area (Å²) in [5.41, 5.74) is 1.47. The van der Waals surface area contributed by atoms with Gasteiger partial charge in [-0.15, -0.1) is 11.3 Å². The number of rotatable bonds is 3. The number of aromatic nitrogens is 1. The van der Waals surface area contributed by atoms with Crippen LogP contribution in [0.5, 0.6) is 0 Å². The second-order valence-corrected chi connectivity index (χ2v) is 5.25. The first-order chi connectivity index (χ1) is 7.21. The fourth-order valence-corrected chi connectivity index (χ4v) is 2.57. The normalized spacial score (nSPS) is 26.5. The molecule has 1 aromatic rings. The standard InChI is InChI=1S/C11H16N2OS/c1-11(4-2-3-5-13-11)10(14)6-9-7-12-8-15-9/h7-8,13H,2-6H2,1H3. The topological polar surface area (TPSA) is 42.0 Å². The van der Waals surface area contributed by atoms with E-state index in [1.807, 2.05) is 6.92 Å². The molecule has 1 aliphatic rings. The molecule has 3 nitrogen and oxygen atoms in total. The zero-order valence-corrected chi connectivity index (χ0v) is 9.77. The summed E-state index contributed by atoms with van der Waals surface area (Å²) in [5.74, 6) is 0.298. The molecular formula is C11H16N2OS. The average molecular weight is 224 g/mol. The van der Waals surface area contributed by atoms with Crippen molar-refractivity contribution < 1.29 is 4.79 Å². The smallest absolute Gasteiger partial charge is 0.157 e. The van der Waals surface area contributed by atoms with Gasteiger partial charge in [0.2, 0.25) is 0 Å². The molecule has 1 fully saturated rings. The summed E-state index contributed by atoms with van der Waals surface area (Å²) in [5, 5.41) is 3.34. The molecule has 15 heavy (non-hydrogen) atoms. The van der Waals surface area contributed by atoms with Gasteiger partial charge in [-0.3, -0.25) is 9.78 Å². The van der Waals surface area contributed by atoms with Crippen LogP contribution in [0.4, 0.5) is 0 Å². The Bertz CT molecular complexity index is 328. The van der Waals surface area contributed by atoms with Crippen LogP contribution in [0.3, 0.4) is 0 Å². The molecule has 1 atom stereocenters. The Morgan fingerprint density at radius 3 is 3.13 bits per heavy atom. The summed E-state index contributed by atoms with van der Waals surface area (Å²) in [6.07, 6.45) is 5.61. The van der Waals surface area contributed by atoms with Gasteiger partial charge in [0, 0.05) is 17.5 Å². The molecule has 2 heterocycles. The van der Waals surface area contributed by atoms with E-state index >= 15 is 0 Å².